The van der Waals surface area contributed by atoms with Crippen molar-refractivity contribution in [3.05, 3.63) is 29.3 Å². The van der Waals surface area contributed by atoms with Gasteiger partial charge < -0.3 is 10.5 Å². The second kappa shape index (κ2) is 5.01. The lowest BCUT2D eigenvalue weighted by Gasteiger charge is -2.16. The van der Waals surface area contributed by atoms with Crippen molar-refractivity contribution in [2.75, 3.05) is 13.7 Å². The van der Waals surface area contributed by atoms with Crippen LogP contribution in [0.25, 0.3) is 0 Å². The summed E-state index contributed by atoms with van der Waals surface area (Å²) in [5.74, 6) is 1.38. The van der Waals surface area contributed by atoms with E-state index in [9.17, 15) is 0 Å². The highest BCUT2D eigenvalue weighted by atomic mass is 16.5. The van der Waals surface area contributed by atoms with Crippen molar-refractivity contribution < 1.29 is 4.74 Å². The first kappa shape index (κ1) is 11.1. The van der Waals surface area contributed by atoms with Crippen molar-refractivity contribution in [3.63, 3.8) is 0 Å². The molecule has 0 fully saturated rings. The van der Waals surface area contributed by atoms with Gasteiger partial charge in [0.2, 0.25) is 0 Å². The SMILES string of the molecule is CCc1c(OC)cccc1C(C)CN. The molecule has 1 unspecified atom stereocenters. The van der Waals surface area contributed by atoms with Gasteiger partial charge in [-0.15, -0.1) is 0 Å². The molecule has 1 aromatic carbocycles. The average Bonchev–Trinajstić information content (AvgIpc) is 2.26. The number of rotatable bonds is 4. The maximum atomic E-state index is 5.68. The summed E-state index contributed by atoms with van der Waals surface area (Å²) in [5, 5.41) is 0. The third-order valence-corrected chi connectivity index (χ3v) is 2.63. The maximum absolute atomic E-state index is 5.68. The van der Waals surface area contributed by atoms with E-state index in [4.69, 9.17) is 10.5 Å². The minimum Gasteiger partial charge on any atom is -0.496 e. The molecule has 0 heterocycles. The summed E-state index contributed by atoms with van der Waals surface area (Å²) in [6.07, 6.45) is 0.990. The Morgan fingerprint density at radius 3 is 2.64 bits per heavy atom. The monoisotopic (exact) mass is 193 g/mol. The number of nitrogens with two attached hydrogens (primary N) is 1. The highest BCUT2D eigenvalue weighted by molar-refractivity contribution is 5.42. The molecule has 2 heteroatoms. The molecule has 1 atom stereocenters. The third-order valence-electron chi connectivity index (χ3n) is 2.63. The molecule has 0 radical (unpaired) electrons. The van der Waals surface area contributed by atoms with Crippen molar-refractivity contribution in [3.8, 4) is 5.75 Å². The largest absolute Gasteiger partial charge is 0.496 e. The molecule has 0 aliphatic heterocycles. The molecule has 0 aliphatic carbocycles. The van der Waals surface area contributed by atoms with Gasteiger partial charge in [0.05, 0.1) is 7.11 Å². The van der Waals surface area contributed by atoms with Crippen molar-refractivity contribution in [2.24, 2.45) is 5.73 Å². The van der Waals surface area contributed by atoms with Crippen molar-refractivity contribution >= 4 is 0 Å². The Balaban J connectivity index is 3.14. The van der Waals surface area contributed by atoms with E-state index in [0.29, 0.717) is 12.5 Å². The highest BCUT2D eigenvalue weighted by Gasteiger charge is 2.11. The Morgan fingerprint density at radius 2 is 2.14 bits per heavy atom. The fourth-order valence-corrected chi connectivity index (χ4v) is 1.74. The molecule has 0 aliphatic rings. The molecular weight excluding hydrogens is 174 g/mol. The summed E-state index contributed by atoms with van der Waals surface area (Å²) in [5.41, 5.74) is 8.28. The van der Waals surface area contributed by atoms with Gasteiger partial charge >= 0.3 is 0 Å². The van der Waals surface area contributed by atoms with Crippen molar-refractivity contribution in [1.29, 1.82) is 0 Å². The molecule has 1 rings (SSSR count). The van der Waals surface area contributed by atoms with Gasteiger partial charge in [0, 0.05) is 0 Å². The zero-order valence-electron chi connectivity index (χ0n) is 9.21. The van der Waals surface area contributed by atoms with Crippen LogP contribution in [0.4, 0.5) is 0 Å². The summed E-state index contributed by atoms with van der Waals surface area (Å²) >= 11 is 0. The van der Waals surface area contributed by atoms with E-state index >= 15 is 0 Å². The molecule has 0 saturated heterocycles. The molecule has 0 saturated carbocycles. The number of methoxy groups -OCH3 is 1. The zero-order valence-corrected chi connectivity index (χ0v) is 9.21. The van der Waals surface area contributed by atoms with Gasteiger partial charge in [-0.2, -0.15) is 0 Å². The van der Waals surface area contributed by atoms with Gasteiger partial charge in [-0.05, 0) is 36.1 Å². The van der Waals surface area contributed by atoms with Gasteiger partial charge in [-0.1, -0.05) is 26.0 Å². The molecule has 1 aromatic rings. The van der Waals surface area contributed by atoms with Crippen LogP contribution in [0.1, 0.15) is 30.9 Å². The number of benzene rings is 1. The van der Waals surface area contributed by atoms with Crippen LogP contribution in [0.2, 0.25) is 0 Å². The highest BCUT2D eigenvalue weighted by Crippen LogP contribution is 2.27. The van der Waals surface area contributed by atoms with Crippen LogP contribution in [0.3, 0.4) is 0 Å². The molecule has 14 heavy (non-hydrogen) atoms. The Labute approximate surface area is 86.1 Å². The van der Waals surface area contributed by atoms with E-state index in [1.54, 1.807) is 7.11 Å². The molecule has 0 amide bonds. The summed E-state index contributed by atoms with van der Waals surface area (Å²) in [6, 6.07) is 6.17. The molecule has 0 bridgehead atoms. The normalized spacial score (nSPS) is 12.6. The van der Waals surface area contributed by atoms with Gasteiger partial charge in [-0.3, -0.25) is 0 Å². The van der Waals surface area contributed by atoms with Crippen LogP contribution in [0, 0.1) is 0 Å². The smallest absolute Gasteiger partial charge is 0.122 e. The second-order valence-corrected chi connectivity index (χ2v) is 3.52. The van der Waals surface area contributed by atoms with E-state index in [1.807, 2.05) is 12.1 Å². The minimum atomic E-state index is 0.403. The van der Waals surface area contributed by atoms with Gasteiger partial charge in [-0.25, -0.2) is 0 Å². The van der Waals surface area contributed by atoms with E-state index in [0.717, 1.165) is 12.2 Å². The standard InChI is InChI=1S/C12H19NO/c1-4-10-11(9(2)8-13)6-5-7-12(10)14-3/h5-7,9H,4,8,13H2,1-3H3. The molecular formula is C12H19NO. The molecule has 0 aromatic heterocycles. The molecule has 0 spiro atoms. The first-order valence-corrected chi connectivity index (χ1v) is 5.10. The Kier molecular flexibility index (Phi) is 3.96. The summed E-state index contributed by atoms with van der Waals surface area (Å²) in [6.45, 7) is 4.97. The van der Waals surface area contributed by atoms with Crippen LogP contribution in [-0.2, 0) is 6.42 Å². The van der Waals surface area contributed by atoms with Crippen LogP contribution in [0.15, 0.2) is 18.2 Å². The van der Waals surface area contributed by atoms with E-state index in [2.05, 4.69) is 19.9 Å². The predicted molar refractivity (Wildman–Crippen MR) is 59.8 cm³/mol. The Hall–Kier alpha value is -1.02. The van der Waals surface area contributed by atoms with Crippen LogP contribution >= 0.6 is 0 Å². The molecule has 2 nitrogen and oxygen atoms in total. The Bertz CT molecular complexity index is 296. The summed E-state index contributed by atoms with van der Waals surface area (Å²) in [4.78, 5) is 0. The van der Waals surface area contributed by atoms with E-state index < -0.39 is 0 Å². The van der Waals surface area contributed by atoms with Gasteiger partial charge in [0.15, 0.2) is 0 Å². The lowest BCUT2D eigenvalue weighted by molar-refractivity contribution is 0.409. The van der Waals surface area contributed by atoms with E-state index in [1.165, 1.54) is 11.1 Å². The quantitative estimate of drug-likeness (QED) is 0.796. The van der Waals surface area contributed by atoms with Gasteiger partial charge in [0.25, 0.3) is 0 Å². The number of ether oxygens (including phenoxy) is 1. The lowest BCUT2D eigenvalue weighted by atomic mass is 9.94. The van der Waals surface area contributed by atoms with Crippen molar-refractivity contribution in [2.45, 2.75) is 26.2 Å². The third kappa shape index (κ3) is 2.07. The first-order valence-electron chi connectivity index (χ1n) is 5.10. The van der Waals surface area contributed by atoms with Crippen LogP contribution in [0.5, 0.6) is 5.75 Å². The number of hydrogen-bond donors (Lipinski definition) is 1. The maximum Gasteiger partial charge on any atom is 0.122 e. The number of hydrogen-bond acceptors (Lipinski definition) is 2. The fourth-order valence-electron chi connectivity index (χ4n) is 1.74. The molecule has 78 valence electrons. The average molecular weight is 193 g/mol. The van der Waals surface area contributed by atoms with Crippen molar-refractivity contribution in [1.82, 2.24) is 0 Å². The summed E-state index contributed by atoms with van der Waals surface area (Å²) < 4.78 is 5.33. The zero-order chi connectivity index (χ0) is 10.6. The second-order valence-electron chi connectivity index (χ2n) is 3.52. The predicted octanol–water partition coefficient (Wildman–Crippen LogP) is 2.32. The van der Waals surface area contributed by atoms with Crippen LogP contribution < -0.4 is 10.5 Å². The summed E-state index contributed by atoms with van der Waals surface area (Å²) in [7, 11) is 1.71. The lowest BCUT2D eigenvalue weighted by Crippen LogP contribution is -2.11. The minimum absolute atomic E-state index is 0.403. The van der Waals surface area contributed by atoms with E-state index in [-0.39, 0.29) is 0 Å². The van der Waals surface area contributed by atoms with Gasteiger partial charge in [0.1, 0.15) is 5.75 Å². The fraction of sp³-hybridized carbons (Fsp3) is 0.500. The first-order chi connectivity index (χ1) is 6.74. The topological polar surface area (TPSA) is 35.2 Å². The van der Waals surface area contributed by atoms with Crippen LogP contribution in [-0.4, -0.2) is 13.7 Å². The Morgan fingerprint density at radius 1 is 1.43 bits per heavy atom. The molecule has 2 N–H and O–H groups in total.